The van der Waals surface area contributed by atoms with Crippen molar-refractivity contribution in [1.82, 2.24) is 4.90 Å². The number of amides is 2. The molecule has 12 heteroatoms. The normalized spacial score (nSPS) is 15.2. The van der Waals surface area contributed by atoms with E-state index in [2.05, 4.69) is 5.32 Å². The summed E-state index contributed by atoms with van der Waals surface area (Å²) in [6, 6.07) is 3.15. The van der Waals surface area contributed by atoms with Crippen molar-refractivity contribution in [3.8, 4) is 5.75 Å². The van der Waals surface area contributed by atoms with Crippen LogP contribution in [0.25, 0.3) is 0 Å². The molecule has 1 aliphatic rings. The van der Waals surface area contributed by atoms with E-state index < -0.39 is 58.7 Å². The maximum atomic E-state index is 13.7. The summed E-state index contributed by atoms with van der Waals surface area (Å²) in [5, 5.41) is 2.41. The number of halogens is 8. The number of ether oxygens (including phenoxy) is 1. The van der Waals surface area contributed by atoms with E-state index in [0.717, 1.165) is 24.3 Å². The van der Waals surface area contributed by atoms with E-state index in [4.69, 9.17) is 4.74 Å². The standard InChI is InChI=1S/C19H14F8N2O2/c20-12-13(21)15(23)17(16(24)14(12)22)31-11-5-7-29(8-6-11)18(30)28-10-3-1-9(2-4-10)19(25,26)27/h1-4,11H,5-8H2,(H,28,30). The molecule has 1 heterocycles. The van der Waals surface area contributed by atoms with Crippen molar-refractivity contribution >= 4 is 11.7 Å². The Balaban J connectivity index is 1.58. The van der Waals surface area contributed by atoms with Gasteiger partial charge in [-0.1, -0.05) is 0 Å². The predicted octanol–water partition coefficient (Wildman–Crippen LogP) is 5.48. The molecule has 1 aliphatic heterocycles. The molecule has 1 fully saturated rings. The van der Waals surface area contributed by atoms with Crippen molar-refractivity contribution in [2.45, 2.75) is 25.1 Å². The molecule has 3 rings (SSSR count). The van der Waals surface area contributed by atoms with Crippen molar-refractivity contribution in [3.63, 3.8) is 0 Å². The second kappa shape index (κ2) is 8.60. The third kappa shape index (κ3) is 4.83. The third-order valence-electron chi connectivity index (χ3n) is 4.65. The summed E-state index contributed by atoms with van der Waals surface area (Å²) in [5.41, 5.74) is -0.755. The van der Waals surface area contributed by atoms with E-state index in [0.29, 0.717) is 0 Å². The van der Waals surface area contributed by atoms with Crippen LogP contribution in [-0.2, 0) is 6.18 Å². The Labute approximate surface area is 170 Å². The van der Waals surface area contributed by atoms with Gasteiger partial charge in [-0.2, -0.15) is 22.0 Å². The number of anilines is 1. The zero-order valence-corrected chi connectivity index (χ0v) is 15.5. The van der Waals surface area contributed by atoms with Gasteiger partial charge in [0, 0.05) is 31.6 Å². The van der Waals surface area contributed by atoms with Gasteiger partial charge in [0.05, 0.1) is 5.56 Å². The summed E-state index contributed by atoms with van der Waals surface area (Å²) >= 11 is 0. The highest BCUT2D eigenvalue weighted by atomic mass is 19.4. The first kappa shape index (κ1) is 22.6. The molecule has 0 saturated carbocycles. The van der Waals surface area contributed by atoms with Crippen LogP contribution in [0.1, 0.15) is 18.4 Å². The summed E-state index contributed by atoms with van der Waals surface area (Å²) in [7, 11) is 0. The van der Waals surface area contributed by atoms with Crippen molar-refractivity contribution in [2.24, 2.45) is 0 Å². The van der Waals surface area contributed by atoms with Crippen LogP contribution < -0.4 is 10.1 Å². The first-order valence-corrected chi connectivity index (χ1v) is 8.90. The van der Waals surface area contributed by atoms with Gasteiger partial charge < -0.3 is 15.0 Å². The van der Waals surface area contributed by atoms with Crippen LogP contribution in [0, 0.1) is 29.1 Å². The minimum absolute atomic E-state index is 0.0204. The number of urea groups is 1. The Hall–Kier alpha value is -3.05. The van der Waals surface area contributed by atoms with Gasteiger partial charge in [0.15, 0.2) is 5.75 Å². The van der Waals surface area contributed by atoms with Gasteiger partial charge in [-0.25, -0.2) is 18.0 Å². The number of carbonyl (C=O) groups excluding carboxylic acids is 1. The molecular formula is C19H14F8N2O2. The number of rotatable bonds is 3. The molecule has 0 spiro atoms. The average molecular weight is 454 g/mol. The Morgan fingerprint density at radius 3 is 1.84 bits per heavy atom. The minimum Gasteiger partial charge on any atom is -0.484 e. The average Bonchev–Trinajstić information content (AvgIpc) is 2.74. The fraction of sp³-hybridized carbons (Fsp3) is 0.316. The number of alkyl halides is 3. The van der Waals surface area contributed by atoms with Gasteiger partial charge in [0.25, 0.3) is 0 Å². The van der Waals surface area contributed by atoms with Crippen molar-refractivity contribution in [2.75, 3.05) is 18.4 Å². The lowest BCUT2D eigenvalue weighted by Gasteiger charge is -2.32. The highest BCUT2D eigenvalue weighted by Crippen LogP contribution is 2.32. The number of benzene rings is 2. The predicted molar refractivity (Wildman–Crippen MR) is 91.9 cm³/mol. The Bertz CT molecular complexity index is 941. The number of carbonyl (C=O) groups is 1. The van der Waals surface area contributed by atoms with Crippen LogP contribution in [0.4, 0.5) is 45.6 Å². The van der Waals surface area contributed by atoms with Gasteiger partial charge in [-0.05, 0) is 24.3 Å². The highest BCUT2D eigenvalue weighted by molar-refractivity contribution is 5.89. The molecule has 0 radical (unpaired) electrons. The maximum absolute atomic E-state index is 13.7. The van der Waals surface area contributed by atoms with Gasteiger partial charge in [-0.3, -0.25) is 0 Å². The summed E-state index contributed by atoms with van der Waals surface area (Å²) in [5.74, 6) is -12.1. The number of hydrogen-bond acceptors (Lipinski definition) is 2. The van der Waals surface area contributed by atoms with Crippen LogP contribution in [0.5, 0.6) is 5.75 Å². The summed E-state index contributed by atoms with van der Waals surface area (Å²) < 4.78 is 110. The summed E-state index contributed by atoms with van der Waals surface area (Å²) in [4.78, 5) is 13.5. The summed E-state index contributed by atoms with van der Waals surface area (Å²) in [6.07, 6.45) is -5.37. The lowest BCUT2D eigenvalue weighted by atomic mass is 10.1. The number of likely N-dealkylation sites (tertiary alicyclic amines) is 1. The van der Waals surface area contributed by atoms with E-state index in [1.54, 1.807) is 0 Å². The van der Waals surface area contributed by atoms with Crippen LogP contribution in [-0.4, -0.2) is 30.1 Å². The molecule has 0 bridgehead atoms. The third-order valence-corrected chi connectivity index (χ3v) is 4.65. The summed E-state index contributed by atoms with van der Waals surface area (Å²) in [6.45, 7) is 0.0407. The Kier molecular flexibility index (Phi) is 6.27. The Morgan fingerprint density at radius 1 is 0.871 bits per heavy atom. The molecule has 0 aromatic heterocycles. The molecule has 1 N–H and O–H groups in total. The first-order chi connectivity index (χ1) is 14.5. The lowest BCUT2D eigenvalue weighted by Crippen LogP contribution is -2.43. The smallest absolute Gasteiger partial charge is 0.416 e. The number of nitrogens with zero attached hydrogens (tertiary/aromatic N) is 1. The SMILES string of the molecule is O=C(Nc1ccc(C(F)(F)F)cc1)N1CCC(Oc2c(F)c(F)c(F)c(F)c2F)CC1. The zero-order chi connectivity index (χ0) is 22.9. The van der Waals surface area contributed by atoms with Crippen molar-refractivity contribution in [1.29, 1.82) is 0 Å². The molecule has 0 atom stereocenters. The molecule has 0 unspecified atom stereocenters. The van der Waals surface area contributed by atoms with E-state index in [9.17, 15) is 39.9 Å². The molecule has 168 valence electrons. The minimum atomic E-state index is -4.51. The molecule has 2 aromatic rings. The van der Waals surface area contributed by atoms with Gasteiger partial charge >= 0.3 is 12.2 Å². The second-order valence-corrected chi connectivity index (χ2v) is 6.71. The van der Waals surface area contributed by atoms with Crippen LogP contribution >= 0.6 is 0 Å². The van der Waals surface area contributed by atoms with E-state index in [-0.39, 0.29) is 31.6 Å². The van der Waals surface area contributed by atoms with Gasteiger partial charge in [0.1, 0.15) is 6.10 Å². The molecule has 2 amide bonds. The largest absolute Gasteiger partial charge is 0.484 e. The Morgan fingerprint density at radius 2 is 1.35 bits per heavy atom. The molecular weight excluding hydrogens is 440 g/mol. The van der Waals surface area contributed by atoms with Crippen LogP contribution in [0.2, 0.25) is 0 Å². The first-order valence-electron chi connectivity index (χ1n) is 8.90. The number of hydrogen-bond donors (Lipinski definition) is 1. The van der Waals surface area contributed by atoms with Crippen molar-refractivity contribution in [3.05, 3.63) is 58.9 Å². The lowest BCUT2D eigenvalue weighted by molar-refractivity contribution is -0.137. The number of piperidine rings is 1. The maximum Gasteiger partial charge on any atom is 0.416 e. The fourth-order valence-corrected chi connectivity index (χ4v) is 2.98. The molecule has 2 aromatic carbocycles. The molecule has 31 heavy (non-hydrogen) atoms. The van der Waals surface area contributed by atoms with E-state index >= 15 is 0 Å². The quantitative estimate of drug-likeness (QED) is 0.379. The molecule has 0 aliphatic carbocycles. The number of nitrogens with one attached hydrogen (secondary N) is 1. The zero-order valence-electron chi connectivity index (χ0n) is 15.5. The second-order valence-electron chi connectivity index (χ2n) is 6.71. The topological polar surface area (TPSA) is 41.6 Å². The fourth-order valence-electron chi connectivity index (χ4n) is 2.98. The molecule has 4 nitrogen and oxygen atoms in total. The van der Waals surface area contributed by atoms with E-state index in [1.165, 1.54) is 4.90 Å². The van der Waals surface area contributed by atoms with Gasteiger partial charge in [0.2, 0.25) is 29.1 Å². The highest BCUT2D eigenvalue weighted by Gasteiger charge is 2.32. The van der Waals surface area contributed by atoms with E-state index in [1.807, 2.05) is 0 Å². The molecule has 1 saturated heterocycles. The monoisotopic (exact) mass is 454 g/mol. The van der Waals surface area contributed by atoms with Gasteiger partial charge in [-0.15, -0.1) is 0 Å². The van der Waals surface area contributed by atoms with Crippen molar-refractivity contribution < 1.29 is 44.7 Å². The van der Waals surface area contributed by atoms with Crippen LogP contribution in [0.15, 0.2) is 24.3 Å². The van der Waals surface area contributed by atoms with Crippen LogP contribution in [0.3, 0.4) is 0 Å².